The number of aliphatic carboxylic acids is 1. The molecule has 2 atom stereocenters. The summed E-state index contributed by atoms with van der Waals surface area (Å²) >= 11 is 0. The first-order valence-electron chi connectivity index (χ1n) is 6.48. The van der Waals surface area contributed by atoms with Crippen molar-refractivity contribution in [3.8, 4) is 0 Å². The van der Waals surface area contributed by atoms with Gasteiger partial charge in [0.25, 0.3) is 0 Å². The van der Waals surface area contributed by atoms with Gasteiger partial charge in [-0.15, -0.1) is 0 Å². The van der Waals surface area contributed by atoms with Crippen LogP contribution in [-0.4, -0.2) is 65.7 Å². The number of carboxylic acids is 1. The zero-order valence-corrected chi connectivity index (χ0v) is 11.3. The molecule has 0 aromatic heterocycles. The van der Waals surface area contributed by atoms with Gasteiger partial charge in [0.2, 0.25) is 0 Å². The van der Waals surface area contributed by atoms with Gasteiger partial charge in [0.05, 0.1) is 0 Å². The maximum Gasteiger partial charge on any atom is 0.326 e. The summed E-state index contributed by atoms with van der Waals surface area (Å²) in [6.45, 7) is 5.98. The summed E-state index contributed by atoms with van der Waals surface area (Å²) in [6, 6.07) is -0.706. The number of nitrogens with one attached hydrogen (secondary N) is 1. The van der Waals surface area contributed by atoms with E-state index >= 15 is 0 Å². The molecular weight excluding hydrogens is 234 g/mol. The maximum absolute atomic E-state index is 12.0. The highest BCUT2D eigenvalue weighted by atomic mass is 16.4. The van der Waals surface area contributed by atoms with Crippen molar-refractivity contribution in [3.63, 3.8) is 0 Å². The predicted octanol–water partition coefficient (Wildman–Crippen LogP) is 0.585. The number of hydrogen-bond acceptors (Lipinski definition) is 3. The van der Waals surface area contributed by atoms with E-state index in [1.54, 1.807) is 11.8 Å². The first kappa shape index (κ1) is 14.8. The zero-order valence-electron chi connectivity index (χ0n) is 11.3. The molecule has 1 fully saturated rings. The van der Waals surface area contributed by atoms with Crippen LogP contribution in [0.3, 0.4) is 0 Å². The molecule has 6 nitrogen and oxygen atoms in total. The van der Waals surface area contributed by atoms with Gasteiger partial charge in [-0.2, -0.15) is 0 Å². The summed E-state index contributed by atoms with van der Waals surface area (Å²) in [6.07, 6.45) is 1.38. The van der Waals surface area contributed by atoms with E-state index < -0.39 is 12.0 Å². The Labute approximate surface area is 108 Å². The lowest BCUT2D eigenvalue weighted by Gasteiger charge is -2.39. The molecule has 18 heavy (non-hydrogen) atoms. The highest BCUT2D eigenvalue weighted by molar-refractivity contribution is 5.82. The molecule has 2 N–H and O–H groups in total. The second kappa shape index (κ2) is 6.58. The van der Waals surface area contributed by atoms with Crippen molar-refractivity contribution < 1.29 is 14.7 Å². The SMILES string of the molecule is CCC1CN(C(=O)N[C@@H](CC)C(=O)O)CCN1C. The van der Waals surface area contributed by atoms with Crippen molar-refractivity contribution in [2.45, 2.75) is 38.8 Å². The van der Waals surface area contributed by atoms with Crippen LogP contribution in [0.4, 0.5) is 4.79 Å². The Bertz CT molecular complexity index is 309. The minimum atomic E-state index is -0.980. The average molecular weight is 257 g/mol. The molecule has 1 heterocycles. The fourth-order valence-corrected chi connectivity index (χ4v) is 2.15. The number of likely N-dealkylation sites (N-methyl/N-ethyl adjacent to an activating group) is 1. The quantitative estimate of drug-likeness (QED) is 0.773. The summed E-state index contributed by atoms with van der Waals surface area (Å²) in [4.78, 5) is 26.8. The van der Waals surface area contributed by atoms with E-state index in [1.165, 1.54) is 0 Å². The van der Waals surface area contributed by atoms with Crippen LogP contribution in [0.2, 0.25) is 0 Å². The molecule has 0 aromatic rings. The zero-order chi connectivity index (χ0) is 13.7. The minimum Gasteiger partial charge on any atom is -0.480 e. The monoisotopic (exact) mass is 257 g/mol. The van der Waals surface area contributed by atoms with Gasteiger partial charge in [0.1, 0.15) is 6.04 Å². The number of carboxylic acid groups (broad SMARTS) is 1. The van der Waals surface area contributed by atoms with Crippen LogP contribution in [0.5, 0.6) is 0 Å². The molecule has 0 spiro atoms. The number of hydrogen-bond donors (Lipinski definition) is 2. The molecule has 1 rings (SSSR count). The lowest BCUT2D eigenvalue weighted by molar-refractivity contribution is -0.139. The van der Waals surface area contributed by atoms with Crippen molar-refractivity contribution in [1.29, 1.82) is 0 Å². The molecule has 1 saturated heterocycles. The molecule has 1 aliphatic rings. The summed E-state index contributed by atoms with van der Waals surface area (Å²) in [5.74, 6) is -0.980. The molecule has 1 unspecified atom stereocenters. The first-order valence-corrected chi connectivity index (χ1v) is 6.48. The van der Waals surface area contributed by atoms with Crippen LogP contribution >= 0.6 is 0 Å². The molecule has 104 valence electrons. The smallest absolute Gasteiger partial charge is 0.326 e. The molecule has 1 aliphatic heterocycles. The van der Waals surface area contributed by atoms with Gasteiger partial charge in [-0.25, -0.2) is 9.59 Å². The molecule has 0 aliphatic carbocycles. The van der Waals surface area contributed by atoms with Gasteiger partial charge in [0.15, 0.2) is 0 Å². The van der Waals surface area contributed by atoms with E-state index in [4.69, 9.17) is 5.11 Å². The average Bonchev–Trinajstić information content (AvgIpc) is 2.35. The number of carbonyl (C=O) groups is 2. The fraction of sp³-hybridized carbons (Fsp3) is 0.833. The summed E-state index contributed by atoms with van der Waals surface area (Å²) in [5.41, 5.74) is 0. The van der Waals surface area contributed by atoms with Gasteiger partial charge in [-0.1, -0.05) is 13.8 Å². The largest absolute Gasteiger partial charge is 0.480 e. The topological polar surface area (TPSA) is 72.9 Å². The highest BCUT2D eigenvalue weighted by Gasteiger charge is 2.28. The summed E-state index contributed by atoms with van der Waals surface area (Å²) < 4.78 is 0. The Hall–Kier alpha value is -1.30. The van der Waals surface area contributed by atoms with Crippen LogP contribution < -0.4 is 5.32 Å². The van der Waals surface area contributed by atoms with Crippen LogP contribution in [0, 0.1) is 0 Å². The molecule has 2 amide bonds. The van der Waals surface area contributed by atoms with Gasteiger partial charge < -0.3 is 15.3 Å². The summed E-state index contributed by atoms with van der Waals surface area (Å²) in [5, 5.41) is 11.5. The Morgan fingerprint density at radius 1 is 1.39 bits per heavy atom. The van der Waals surface area contributed by atoms with E-state index in [1.807, 2.05) is 0 Å². The second-order valence-electron chi connectivity index (χ2n) is 4.74. The molecule has 0 saturated carbocycles. The minimum absolute atomic E-state index is 0.268. The lowest BCUT2D eigenvalue weighted by Crippen LogP contribution is -2.57. The van der Waals surface area contributed by atoms with Crippen molar-refractivity contribution >= 4 is 12.0 Å². The van der Waals surface area contributed by atoms with Gasteiger partial charge in [-0.3, -0.25) is 4.90 Å². The van der Waals surface area contributed by atoms with Crippen molar-refractivity contribution in [3.05, 3.63) is 0 Å². The van der Waals surface area contributed by atoms with Crippen molar-refractivity contribution in [1.82, 2.24) is 15.1 Å². The van der Waals surface area contributed by atoms with Gasteiger partial charge in [0, 0.05) is 25.7 Å². The van der Waals surface area contributed by atoms with Crippen LogP contribution in [0.1, 0.15) is 26.7 Å². The number of nitrogens with zero attached hydrogens (tertiary/aromatic N) is 2. The Morgan fingerprint density at radius 3 is 2.56 bits per heavy atom. The van der Waals surface area contributed by atoms with Crippen molar-refractivity contribution in [2.75, 3.05) is 26.7 Å². The third kappa shape index (κ3) is 3.60. The third-order valence-corrected chi connectivity index (χ3v) is 3.54. The molecule has 0 radical (unpaired) electrons. The molecule has 0 bridgehead atoms. The summed E-state index contributed by atoms with van der Waals surface area (Å²) in [7, 11) is 2.05. The van der Waals surface area contributed by atoms with Crippen LogP contribution in [-0.2, 0) is 4.79 Å². The Balaban J connectivity index is 2.54. The fourth-order valence-electron chi connectivity index (χ4n) is 2.15. The van der Waals surface area contributed by atoms with E-state index in [0.29, 0.717) is 25.6 Å². The lowest BCUT2D eigenvalue weighted by atomic mass is 10.1. The molecule has 6 heteroatoms. The predicted molar refractivity (Wildman–Crippen MR) is 68.5 cm³/mol. The van der Waals surface area contributed by atoms with E-state index in [0.717, 1.165) is 13.0 Å². The highest BCUT2D eigenvalue weighted by Crippen LogP contribution is 2.10. The van der Waals surface area contributed by atoms with E-state index in [2.05, 4.69) is 24.2 Å². The maximum atomic E-state index is 12.0. The number of urea groups is 1. The van der Waals surface area contributed by atoms with Gasteiger partial charge >= 0.3 is 12.0 Å². The normalized spacial score (nSPS) is 22.6. The molecule has 0 aromatic carbocycles. The standard InChI is InChI=1S/C12H23N3O3/c1-4-9-8-15(7-6-14(9)3)12(18)13-10(5-2)11(16)17/h9-10H,4-8H2,1-3H3,(H,13,18)(H,16,17)/t9?,10-/m0/s1. The van der Waals surface area contributed by atoms with E-state index in [9.17, 15) is 9.59 Å². The number of amides is 2. The van der Waals surface area contributed by atoms with E-state index in [-0.39, 0.29) is 6.03 Å². The van der Waals surface area contributed by atoms with Crippen LogP contribution in [0.15, 0.2) is 0 Å². The third-order valence-electron chi connectivity index (χ3n) is 3.54. The molecular formula is C12H23N3O3. The number of rotatable bonds is 4. The van der Waals surface area contributed by atoms with Crippen molar-refractivity contribution in [2.24, 2.45) is 0 Å². The number of piperazine rings is 1. The second-order valence-corrected chi connectivity index (χ2v) is 4.74. The van der Waals surface area contributed by atoms with Crippen LogP contribution in [0.25, 0.3) is 0 Å². The van der Waals surface area contributed by atoms with Gasteiger partial charge in [-0.05, 0) is 19.9 Å². The Kier molecular flexibility index (Phi) is 5.40. The first-order chi connectivity index (χ1) is 8.49. The Morgan fingerprint density at radius 2 is 2.06 bits per heavy atom. The number of carbonyl (C=O) groups excluding carboxylic acids is 1.